The molecule has 18 heavy (non-hydrogen) atoms. The van der Waals surface area contributed by atoms with Crippen molar-refractivity contribution < 1.29 is 9.15 Å². The largest absolute Gasteiger partial charge is 0.492 e. The fraction of sp³-hybridized carbons (Fsp3) is 0.357. The van der Waals surface area contributed by atoms with Crippen molar-refractivity contribution in [3.05, 3.63) is 47.7 Å². The van der Waals surface area contributed by atoms with Crippen molar-refractivity contribution in [2.24, 2.45) is 0 Å². The summed E-state index contributed by atoms with van der Waals surface area (Å²) < 4.78 is 10.8. The quantitative estimate of drug-likeness (QED) is 0.881. The van der Waals surface area contributed by atoms with Gasteiger partial charge in [0.25, 0.3) is 0 Å². The summed E-state index contributed by atoms with van der Waals surface area (Å²) in [6.45, 7) is 4.53. The van der Waals surface area contributed by atoms with Gasteiger partial charge in [-0.25, -0.2) is 0 Å². The molecule has 0 spiro atoms. The van der Waals surface area contributed by atoms with Crippen LogP contribution in [0.3, 0.4) is 0 Å². The molecule has 0 amide bonds. The third kappa shape index (κ3) is 2.71. The molecule has 2 aromatic rings. The Morgan fingerprint density at radius 2 is 2.17 bits per heavy atom. The second kappa shape index (κ2) is 5.69. The van der Waals surface area contributed by atoms with Crippen molar-refractivity contribution in [3.63, 3.8) is 0 Å². The highest BCUT2D eigenvalue weighted by atomic mass is 16.5. The molecule has 2 aromatic heterocycles. The van der Waals surface area contributed by atoms with Crippen molar-refractivity contribution in [3.8, 4) is 5.75 Å². The molecule has 0 bridgehead atoms. The number of hydrogen-bond donors (Lipinski definition) is 1. The fourth-order valence-electron chi connectivity index (χ4n) is 1.98. The molecule has 2 heterocycles. The molecule has 1 unspecified atom stereocenters. The number of pyridine rings is 1. The van der Waals surface area contributed by atoms with Crippen molar-refractivity contribution in [1.82, 2.24) is 10.3 Å². The first kappa shape index (κ1) is 12.6. The highest BCUT2D eigenvalue weighted by Crippen LogP contribution is 2.25. The Balaban J connectivity index is 2.29. The van der Waals surface area contributed by atoms with Gasteiger partial charge >= 0.3 is 0 Å². The van der Waals surface area contributed by atoms with Crippen LogP contribution in [0, 0.1) is 6.92 Å². The second-order valence-corrected chi connectivity index (χ2v) is 4.10. The van der Waals surface area contributed by atoms with E-state index in [2.05, 4.69) is 10.3 Å². The molecule has 0 aliphatic rings. The smallest absolute Gasteiger partial charge is 0.137 e. The number of rotatable bonds is 5. The number of nitrogens with zero attached hydrogens (tertiary/aromatic N) is 1. The molecule has 0 saturated heterocycles. The maximum absolute atomic E-state index is 5.47. The molecule has 0 aliphatic heterocycles. The molecule has 0 radical (unpaired) electrons. The van der Waals surface area contributed by atoms with E-state index in [0.29, 0.717) is 6.61 Å². The number of aromatic nitrogens is 1. The van der Waals surface area contributed by atoms with Gasteiger partial charge in [-0.05, 0) is 38.6 Å². The van der Waals surface area contributed by atoms with Crippen LogP contribution in [0.2, 0.25) is 0 Å². The summed E-state index contributed by atoms with van der Waals surface area (Å²) in [6, 6.07) is 4.09. The summed E-state index contributed by atoms with van der Waals surface area (Å²) >= 11 is 0. The monoisotopic (exact) mass is 246 g/mol. The molecule has 1 N–H and O–H groups in total. The standard InChI is InChI=1S/C14H18N2O2/c1-4-17-13-6-11(7-16-8-13)14(15-3)12-5-10(2)18-9-12/h5-9,14-15H,4H2,1-3H3. The van der Waals surface area contributed by atoms with Gasteiger partial charge in [0.1, 0.15) is 11.5 Å². The fourth-order valence-corrected chi connectivity index (χ4v) is 1.98. The minimum atomic E-state index is 0.0651. The van der Waals surface area contributed by atoms with E-state index in [1.54, 1.807) is 12.5 Å². The van der Waals surface area contributed by atoms with Crippen molar-refractivity contribution in [2.45, 2.75) is 19.9 Å². The molecule has 2 rings (SSSR count). The lowest BCUT2D eigenvalue weighted by Crippen LogP contribution is -2.17. The minimum Gasteiger partial charge on any atom is -0.492 e. The molecule has 0 saturated carbocycles. The first-order chi connectivity index (χ1) is 8.74. The lowest BCUT2D eigenvalue weighted by Gasteiger charge is -2.15. The summed E-state index contributed by atoms with van der Waals surface area (Å²) in [4.78, 5) is 4.21. The molecule has 0 aromatic carbocycles. The molecule has 4 nitrogen and oxygen atoms in total. The molecular formula is C14H18N2O2. The van der Waals surface area contributed by atoms with Gasteiger partial charge in [-0.2, -0.15) is 0 Å². The summed E-state index contributed by atoms with van der Waals surface area (Å²) in [5.74, 6) is 1.69. The SMILES string of the molecule is CCOc1cncc(C(NC)c2coc(C)c2)c1. The van der Waals surface area contributed by atoms with Crippen LogP contribution in [0.15, 0.2) is 35.2 Å². The Morgan fingerprint density at radius 3 is 2.78 bits per heavy atom. The van der Waals surface area contributed by atoms with E-state index < -0.39 is 0 Å². The zero-order valence-corrected chi connectivity index (χ0v) is 10.9. The number of aryl methyl sites for hydroxylation is 1. The van der Waals surface area contributed by atoms with Crippen LogP contribution in [-0.2, 0) is 0 Å². The predicted molar refractivity (Wildman–Crippen MR) is 69.8 cm³/mol. The first-order valence-corrected chi connectivity index (χ1v) is 6.04. The van der Waals surface area contributed by atoms with Gasteiger partial charge in [0.2, 0.25) is 0 Å². The van der Waals surface area contributed by atoms with Crippen LogP contribution in [-0.4, -0.2) is 18.6 Å². The Morgan fingerprint density at radius 1 is 1.33 bits per heavy atom. The summed E-state index contributed by atoms with van der Waals surface area (Å²) in [5.41, 5.74) is 2.15. The minimum absolute atomic E-state index is 0.0651. The number of furan rings is 1. The van der Waals surface area contributed by atoms with Crippen molar-refractivity contribution >= 4 is 0 Å². The highest BCUT2D eigenvalue weighted by molar-refractivity contribution is 5.33. The lowest BCUT2D eigenvalue weighted by molar-refractivity contribution is 0.338. The van der Waals surface area contributed by atoms with E-state index >= 15 is 0 Å². The highest BCUT2D eigenvalue weighted by Gasteiger charge is 2.15. The zero-order chi connectivity index (χ0) is 13.0. The average Bonchev–Trinajstić information content (AvgIpc) is 2.78. The molecular weight excluding hydrogens is 228 g/mol. The third-order valence-corrected chi connectivity index (χ3v) is 2.75. The second-order valence-electron chi connectivity index (χ2n) is 4.10. The zero-order valence-electron chi connectivity index (χ0n) is 10.9. The normalized spacial score (nSPS) is 12.4. The summed E-state index contributed by atoms with van der Waals surface area (Å²) in [7, 11) is 1.92. The average molecular weight is 246 g/mol. The predicted octanol–water partition coefficient (Wildman–Crippen LogP) is 2.69. The van der Waals surface area contributed by atoms with Crippen LogP contribution < -0.4 is 10.1 Å². The summed E-state index contributed by atoms with van der Waals surface area (Å²) in [6.07, 6.45) is 5.33. The number of hydrogen-bond acceptors (Lipinski definition) is 4. The lowest BCUT2D eigenvalue weighted by atomic mass is 10.0. The van der Waals surface area contributed by atoms with E-state index in [1.165, 1.54) is 0 Å². The van der Waals surface area contributed by atoms with E-state index in [4.69, 9.17) is 9.15 Å². The number of nitrogens with one attached hydrogen (secondary N) is 1. The van der Waals surface area contributed by atoms with E-state index in [1.807, 2.05) is 39.2 Å². The molecule has 4 heteroatoms. The Hall–Kier alpha value is -1.81. The topological polar surface area (TPSA) is 47.3 Å². The molecule has 0 aliphatic carbocycles. The van der Waals surface area contributed by atoms with Crippen molar-refractivity contribution in [1.29, 1.82) is 0 Å². The summed E-state index contributed by atoms with van der Waals surface area (Å²) in [5, 5.41) is 3.26. The maximum Gasteiger partial charge on any atom is 0.137 e. The van der Waals surface area contributed by atoms with Gasteiger partial charge in [-0.3, -0.25) is 4.98 Å². The third-order valence-electron chi connectivity index (χ3n) is 2.75. The van der Waals surface area contributed by atoms with Crippen LogP contribution in [0.1, 0.15) is 29.9 Å². The van der Waals surface area contributed by atoms with Crippen LogP contribution in [0.5, 0.6) is 5.75 Å². The Kier molecular flexibility index (Phi) is 3.99. The molecule has 96 valence electrons. The number of ether oxygens (including phenoxy) is 1. The molecule has 0 fully saturated rings. The first-order valence-electron chi connectivity index (χ1n) is 6.04. The Labute approximate surface area is 107 Å². The van der Waals surface area contributed by atoms with Crippen LogP contribution in [0.4, 0.5) is 0 Å². The van der Waals surface area contributed by atoms with E-state index in [-0.39, 0.29) is 6.04 Å². The van der Waals surface area contributed by atoms with Gasteiger partial charge in [0.15, 0.2) is 0 Å². The van der Waals surface area contributed by atoms with Crippen LogP contribution in [0.25, 0.3) is 0 Å². The van der Waals surface area contributed by atoms with Gasteiger partial charge in [-0.15, -0.1) is 0 Å². The van der Waals surface area contributed by atoms with Gasteiger partial charge in [-0.1, -0.05) is 0 Å². The molecule has 1 atom stereocenters. The van der Waals surface area contributed by atoms with Gasteiger partial charge in [0.05, 0.1) is 25.1 Å². The Bertz CT molecular complexity index is 508. The van der Waals surface area contributed by atoms with E-state index in [9.17, 15) is 0 Å². The maximum atomic E-state index is 5.47. The van der Waals surface area contributed by atoms with Crippen LogP contribution >= 0.6 is 0 Å². The van der Waals surface area contributed by atoms with Crippen molar-refractivity contribution in [2.75, 3.05) is 13.7 Å². The van der Waals surface area contributed by atoms with E-state index in [0.717, 1.165) is 22.6 Å². The van der Waals surface area contributed by atoms with Gasteiger partial charge in [0, 0.05) is 11.8 Å². The van der Waals surface area contributed by atoms with Gasteiger partial charge < -0.3 is 14.5 Å².